The maximum Gasteiger partial charge on any atom is 0.256 e. The largest absolute Gasteiger partial charge is 0.321 e. The molecule has 0 unspecified atom stereocenters. The number of amides is 1. The number of anilines is 1. The number of hydrogen-bond donors (Lipinski definition) is 1. The quantitative estimate of drug-likeness (QED) is 0.655. The van der Waals surface area contributed by atoms with E-state index in [1.54, 1.807) is 18.2 Å². The average molecular weight is 359 g/mol. The number of halogens is 2. The Bertz CT molecular complexity index is 938. The molecule has 1 N–H and O–H groups in total. The van der Waals surface area contributed by atoms with E-state index in [0.717, 1.165) is 28.6 Å². The Balaban J connectivity index is 2.12. The van der Waals surface area contributed by atoms with Crippen molar-refractivity contribution in [2.75, 3.05) is 5.32 Å². The smallest absolute Gasteiger partial charge is 0.256 e. The van der Waals surface area contributed by atoms with Gasteiger partial charge in [-0.1, -0.05) is 54.4 Å². The summed E-state index contributed by atoms with van der Waals surface area (Å²) in [5.74, 6) is -0.218. The van der Waals surface area contributed by atoms with Crippen molar-refractivity contribution in [2.45, 2.75) is 20.3 Å². The Kier molecular flexibility index (Phi) is 4.74. The molecule has 0 bridgehead atoms. The molecule has 3 nitrogen and oxygen atoms in total. The van der Waals surface area contributed by atoms with Crippen molar-refractivity contribution < 1.29 is 4.79 Å². The van der Waals surface area contributed by atoms with Crippen LogP contribution in [0.25, 0.3) is 10.9 Å². The molecule has 0 radical (unpaired) electrons. The van der Waals surface area contributed by atoms with Crippen molar-refractivity contribution in [2.24, 2.45) is 0 Å². The highest BCUT2D eigenvalue weighted by atomic mass is 35.5. The molecule has 0 aliphatic carbocycles. The number of nitrogens with zero attached hydrogens (tertiary/aromatic N) is 1. The third-order valence-corrected chi connectivity index (χ3v) is 4.82. The van der Waals surface area contributed by atoms with Crippen LogP contribution in [0.1, 0.15) is 28.5 Å². The van der Waals surface area contributed by atoms with E-state index in [2.05, 4.69) is 10.3 Å². The number of hydrogen-bond acceptors (Lipinski definition) is 2. The normalized spacial score (nSPS) is 10.8. The van der Waals surface area contributed by atoms with Crippen molar-refractivity contribution in [3.05, 3.63) is 69.3 Å². The third-order valence-electron chi connectivity index (χ3n) is 4.00. The van der Waals surface area contributed by atoms with Crippen LogP contribution in [0, 0.1) is 6.92 Å². The molecule has 0 saturated carbocycles. The highest BCUT2D eigenvalue weighted by Crippen LogP contribution is 2.31. The van der Waals surface area contributed by atoms with Crippen molar-refractivity contribution in [3.63, 3.8) is 0 Å². The van der Waals surface area contributed by atoms with Crippen LogP contribution in [0.15, 0.2) is 42.5 Å². The number of fused-ring (bicyclic) bond motifs is 1. The Morgan fingerprint density at radius 3 is 2.62 bits per heavy atom. The van der Waals surface area contributed by atoms with E-state index in [-0.39, 0.29) is 5.91 Å². The van der Waals surface area contributed by atoms with E-state index in [1.165, 1.54) is 0 Å². The molecule has 0 saturated heterocycles. The second-order valence-corrected chi connectivity index (χ2v) is 6.27. The molecule has 24 heavy (non-hydrogen) atoms. The summed E-state index contributed by atoms with van der Waals surface area (Å²) < 4.78 is 0. The zero-order valence-electron chi connectivity index (χ0n) is 13.4. The number of benzene rings is 2. The lowest BCUT2D eigenvalue weighted by Crippen LogP contribution is -2.16. The van der Waals surface area contributed by atoms with Crippen LogP contribution in [0.5, 0.6) is 0 Å². The predicted octanol–water partition coefficient (Wildman–Crippen LogP) is 5.66. The molecule has 0 atom stereocenters. The van der Waals surface area contributed by atoms with Crippen molar-refractivity contribution in [3.8, 4) is 0 Å². The Morgan fingerprint density at radius 1 is 1.12 bits per heavy atom. The molecular formula is C19H16Cl2N2O. The molecule has 3 aromatic rings. The Labute approximate surface area is 150 Å². The lowest BCUT2D eigenvalue weighted by Gasteiger charge is -2.14. The van der Waals surface area contributed by atoms with Gasteiger partial charge in [-0.2, -0.15) is 0 Å². The van der Waals surface area contributed by atoms with Crippen LogP contribution in [0.2, 0.25) is 10.0 Å². The minimum Gasteiger partial charge on any atom is -0.321 e. The van der Waals surface area contributed by atoms with Crippen LogP contribution in [-0.4, -0.2) is 10.9 Å². The van der Waals surface area contributed by atoms with Crippen LogP contribution in [0.3, 0.4) is 0 Å². The van der Waals surface area contributed by atoms with Crippen LogP contribution in [0.4, 0.5) is 5.69 Å². The molecule has 5 heteroatoms. The van der Waals surface area contributed by atoms with Gasteiger partial charge in [0.15, 0.2) is 0 Å². The van der Waals surface area contributed by atoms with Gasteiger partial charge in [-0.3, -0.25) is 9.78 Å². The monoisotopic (exact) mass is 358 g/mol. The fraction of sp³-hybridized carbons (Fsp3) is 0.158. The van der Waals surface area contributed by atoms with Crippen LogP contribution >= 0.6 is 23.2 Å². The van der Waals surface area contributed by atoms with E-state index < -0.39 is 0 Å². The topological polar surface area (TPSA) is 42.0 Å². The number of carbonyl (C=O) groups excluding carboxylic acids is 1. The highest BCUT2D eigenvalue weighted by molar-refractivity contribution is 6.44. The summed E-state index contributed by atoms with van der Waals surface area (Å²) in [5, 5.41) is 4.43. The van der Waals surface area contributed by atoms with Gasteiger partial charge < -0.3 is 5.32 Å². The molecule has 0 aliphatic rings. The van der Waals surface area contributed by atoms with Crippen molar-refractivity contribution >= 4 is 45.7 Å². The fourth-order valence-electron chi connectivity index (χ4n) is 2.78. The van der Waals surface area contributed by atoms with E-state index >= 15 is 0 Å². The molecular weight excluding hydrogens is 343 g/mol. The standard InChI is InChI=1S/C19H16Cl2N2O/c1-3-14-11(2)17(12-7-4-5-9-15(12)22-14)19(24)23-16-10-6-8-13(20)18(16)21/h4-10H,3H2,1-2H3,(H,23,24). The lowest BCUT2D eigenvalue weighted by molar-refractivity contribution is 0.102. The number of para-hydroxylation sites is 1. The molecule has 0 spiro atoms. The molecule has 1 amide bonds. The van der Waals surface area contributed by atoms with Gasteiger partial charge >= 0.3 is 0 Å². The number of pyridine rings is 1. The SMILES string of the molecule is CCc1nc2ccccc2c(C(=O)Nc2cccc(Cl)c2Cl)c1C. The number of nitrogens with one attached hydrogen (secondary N) is 1. The summed E-state index contributed by atoms with van der Waals surface area (Å²) in [6.07, 6.45) is 0.759. The second kappa shape index (κ2) is 6.80. The maximum atomic E-state index is 12.9. The summed E-state index contributed by atoms with van der Waals surface area (Å²) >= 11 is 12.2. The molecule has 0 fully saturated rings. The summed E-state index contributed by atoms with van der Waals surface area (Å²) in [6, 6.07) is 12.8. The van der Waals surface area contributed by atoms with Gasteiger partial charge in [0, 0.05) is 11.1 Å². The molecule has 122 valence electrons. The van der Waals surface area contributed by atoms with E-state index in [9.17, 15) is 4.79 Å². The first-order valence-electron chi connectivity index (χ1n) is 7.66. The first kappa shape index (κ1) is 16.7. The molecule has 3 rings (SSSR count). The minimum atomic E-state index is -0.218. The first-order chi connectivity index (χ1) is 11.5. The maximum absolute atomic E-state index is 12.9. The Hall–Kier alpha value is -2.10. The fourth-order valence-corrected chi connectivity index (χ4v) is 3.13. The number of carbonyl (C=O) groups is 1. The summed E-state index contributed by atoms with van der Waals surface area (Å²) in [6.45, 7) is 3.95. The van der Waals surface area contributed by atoms with Gasteiger partial charge in [-0.15, -0.1) is 0 Å². The third kappa shape index (κ3) is 2.97. The zero-order valence-corrected chi connectivity index (χ0v) is 14.9. The first-order valence-corrected chi connectivity index (χ1v) is 8.42. The number of aryl methyl sites for hydroxylation is 1. The predicted molar refractivity (Wildman–Crippen MR) is 100 cm³/mol. The molecule has 1 heterocycles. The van der Waals surface area contributed by atoms with Gasteiger partial charge in [-0.05, 0) is 37.1 Å². The highest BCUT2D eigenvalue weighted by Gasteiger charge is 2.18. The van der Waals surface area contributed by atoms with Gasteiger partial charge in [0.25, 0.3) is 5.91 Å². The second-order valence-electron chi connectivity index (χ2n) is 5.48. The van der Waals surface area contributed by atoms with Crippen molar-refractivity contribution in [1.82, 2.24) is 4.98 Å². The summed E-state index contributed by atoms with van der Waals surface area (Å²) in [5.41, 5.74) is 3.71. The van der Waals surface area contributed by atoms with E-state index in [1.807, 2.05) is 38.1 Å². The zero-order chi connectivity index (χ0) is 17.3. The van der Waals surface area contributed by atoms with Crippen LogP contribution in [-0.2, 0) is 6.42 Å². The van der Waals surface area contributed by atoms with Crippen molar-refractivity contribution in [1.29, 1.82) is 0 Å². The lowest BCUT2D eigenvalue weighted by atomic mass is 9.99. The van der Waals surface area contributed by atoms with E-state index in [4.69, 9.17) is 23.2 Å². The average Bonchev–Trinajstić information content (AvgIpc) is 2.58. The minimum absolute atomic E-state index is 0.218. The van der Waals surface area contributed by atoms with E-state index in [0.29, 0.717) is 21.3 Å². The van der Waals surface area contributed by atoms with Gasteiger partial charge in [0.05, 0.1) is 26.8 Å². The Morgan fingerprint density at radius 2 is 1.88 bits per heavy atom. The number of aromatic nitrogens is 1. The molecule has 0 aliphatic heterocycles. The van der Waals surface area contributed by atoms with Gasteiger partial charge in [-0.25, -0.2) is 0 Å². The summed E-state index contributed by atoms with van der Waals surface area (Å²) in [7, 11) is 0. The van der Waals surface area contributed by atoms with Crippen LogP contribution < -0.4 is 5.32 Å². The molecule has 1 aromatic heterocycles. The number of rotatable bonds is 3. The summed E-state index contributed by atoms with van der Waals surface area (Å²) in [4.78, 5) is 17.6. The van der Waals surface area contributed by atoms with Gasteiger partial charge in [0.2, 0.25) is 0 Å². The molecule has 2 aromatic carbocycles. The van der Waals surface area contributed by atoms with Gasteiger partial charge in [0.1, 0.15) is 0 Å².